The first-order chi connectivity index (χ1) is 15.4. The number of amides is 2. The molecule has 2 bridgehead atoms. The molecule has 0 aromatic heterocycles. The Kier molecular flexibility index (Phi) is 6.86. The van der Waals surface area contributed by atoms with E-state index in [1.54, 1.807) is 23.1 Å². The third kappa shape index (κ3) is 5.00. The molecule has 2 heterocycles. The number of rotatable bonds is 8. The molecule has 2 aromatic carbocycles. The fourth-order valence-corrected chi connectivity index (χ4v) is 5.30. The van der Waals surface area contributed by atoms with Gasteiger partial charge >= 0.3 is 0 Å². The molecule has 2 saturated heterocycles. The summed E-state index contributed by atoms with van der Waals surface area (Å²) in [5.74, 6) is -0.631. The summed E-state index contributed by atoms with van der Waals surface area (Å²) < 4.78 is 13.2. The van der Waals surface area contributed by atoms with Gasteiger partial charge in [-0.2, -0.15) is 0 Å². The first-order valence-corrected chi connectivity index (χ1v) is 11.2. The minimum atomic E-state index is -0.535. The van der Waals surface area contributed by atoms with Crippen molar-refractivity contribution in [1.29, 1.82) is 0 Å². The van der Waals surface area contributed by atoms with Crippen LogP contribution in [0.15, 0.2) is 48.5 Å². The summed E-state index contributed by atoms with van der Waals surface area (Å²) in [6.07, 6.45) is 4.29. The van der Waals surface area contributed by atoms with E-state index in [0.29, 0.717) is 36.7 Å². The second-order valence-corrected chi connectivity index (χ2v) is 8.88. The topological polar surface area (TPSA) is 86.9 Å². The molecule has 3 N–H and O–H groups in total. The minimum Gasteiger partial charge on any atom is -0.387 e. The van der Waals surface area contributed by atoms with Crippen LogP contribution in [0.3, 0.4) is 0 Å². The number of primary amides is 1. The number of aliphatic hydroxyl groups is 1. The maximum Gasteiger partial charge on any atom is 0.248 e. The van der Waals surface area contributed by atoms with Crippen molar-refractivity contribution in [2.45, 2.75) is 50.2 Å². The highest BCUT2D eigenvalue weighted by Gasteiger charge is 2.41. The number of fused-ring (bicyclic) bond motifs is 2. The van der Waals surface area contributed by atoms with Gasteiger partial charge in [-0.15, -0.1) is 0 Å². The van der Waals surface area contributed by atoms with Crippen LogP contribution in [0.25, 0.3) is 0 Å². The molecule has 2 atom stereocenters. The molecule has 2 amide bonds. The van der Waals surface area contributed by atoms with Crippen molar-refractivity contribution in [3.63, 3.8) is 0 Å². The lowest BCUT2D eigenvalue weighted by molar-refractivity contribution is -0.135. The molecule has 170 valence electrons. The molecule has 32 heavy (non-hydrogen) atoms. The van der Waals surface area contributed by atoms with Crippen LogP contribution in [0.4, 0.5) is 4.39 Å². The number of nitrogens with two attached hydrogens (primary N) is 1. The normalized spacial score (nSPS) is 22.6. The Morgan fingerprint density at radius 3 is 2.41 bits per heavy atom. The minimum absolute atomic E-state index is 0.311. The molecular weight excluding hydrogens is 409 g/mol. The van der Waals surface area contributed by atoms with Crippen LogP contribution in [0.2, 0.25) is 0 Å². The maximum absolute atomic E-state index is 13.2. The monoisotopic (exact) mass is 439 g/mol. The molecule has 0 radical (unpaired) electrons. The van der Waals surface area contributed by atoms with Gasteiger partial charge in [-0.25, -0.2) is 4.39 Å². The molecular formula is C25H30FN3O3. The highest BCUT2D eigenvalue weighted by atomic mass is 19.1. The van der Waals surface area contributed by atoms with E-state index in [4.69, 9.17) is 5.73 Å². The summed E-state index contributed by atoms with van der Waals surface area (Å²) in [6.45, 7) is 1.08. The average Bonchev–Trinajstić information content (AvgIpc) is 3.03. The Balaban J connectivity index is 1.39. The summed E-state index contributed by atoms with van der Waals surface area (Å²) in [5.41, 5.74) is 8.01. The van der Waals surface area contributed by atoms with E-state index < -0.39 is 12.5 Å². The summed E-state index contributed by atoms with van der Waals surface area (Å²) >= 11 is 0. The molecule has 0 saturated carbocycles. The zero-order valence-corrected chi connectivity index (χ0v) is 18.1. The lowest BCUT2D eigenvalue weighted by Crippen LogP contribution is -2.47. The van der Waals surface area contributed by atoms with E-state index in [1.165, 1.54) is 17.7 Å². The Morgan fingerprint density at radius 1 is 1.09 bits per heavy atom. The highest BCUT2D eigenvalue weighted by molar-refractivity contribution is 5.92. The van der Waals surface area contributed by atoms with Gasteiger partial charge in [-0.05, 0) is 67.0 Å². The molecule has 6 nitrogen and oxygen atoms in total. The third-order valence-corrected chi connectivity index (χ3v) is 6.93. The van der Waals surface area contributed by atoms with Gasteiger partial charge in [0, 0.05) is 37.3 Å². The molecule has 2 aliphatic rings. The van der Waals surface area contributed by atoms with Crippen molar-refractivity contribution < 1.29 is 19.1 Å². The van der Waals surface area contributed by atoms with Gasteiger partial charge in [0.15, 0.2) is 0 Å². The lowest BCUT2D eigenvalue weighted by Gasteiger charge is -2.40. The number of carbonyl (C=O) groups is 2. The smallest absolute Gasteiger partial charge is 0.248 e. The molecule has 2 unspecified atom stereocenters. The zero-order chi connectivity index (χ0) is 22.7. The predicted octanol–water partition coefficient (Wildman–Crippen LogP) is 2.66. The quantitative estimate of drug-likeness (QED) is 0.662. The van der Waals surface area contributed by atoms with Gasteiger partial charge in [0.2, 0.25) is 11.8 Å². The zero-order valence-electron chi connectivity index (χ0n) is 18.1. The van der Waals surface area contributed by atoms with Crippen LogP contribution >= 0.6 is 0 Å². The van der Waals surface area contributed by atoms with Gasteiger partial charge < -0.3 is 15.7 Å². The van der Waals surface area contributed by atoms with Crippen LogP contribution in [-0.2, 0) is 11.3 Å². The van der Waals surface area contributed by atoms with Crippen molar-refractivity contribution in [2.75, 3.05) is 19.7 Å². The van der Waals surface area contributed by atoms with E-state index in [9.17, 15) is 19.1 Å². The number of nitrogens with zero attached hydrogens (tertiary/aromatic N) is 2. The van der Waals surface area contributed by atoms with Gasteiger partial charge in [-0.1, -0.05) is 24.3 Å². The Bertz CT molecular complexity index is 951. The second kappa shape index (κ2) is 9.79. The largest absolute Gasteiger partial charge is 0.387 e. The Hall–Kier alpha value is -2.77. The molecule has 7 heteroatoms. The van der Waals surface area contributed by atoms with Crippen molar-refractivity contribution in [3.8, 4) is 0 Å². The standard InChI is InChI=1S/C25H30FN3O3/c26-21-6-4-17(5-7-21)15-28(24(31)16-30)10-11-29-22-8-9-23(29)14-20(13-22)18-2-1-3-19(12-18)25(27)32/h1-7,12,20,22-23,30H,8-11,13-16H2,(H2,27,32). The van der Waals surface area contributed by atoms with E-state index in [1.807, 2.05) is 12.1 Å². The third-order valence-electron chi connectivity index (χ3n) is 6.93. The SMILES string of the molecule is NC(=O)c1cccc(C2CC3CCC(C2)N3CCN(Cc2ccc(F)cc2)C(=O)CO)c1. The number of hydrogen-bond donors (Lipinski definition) is 2. The predicted molar refractivity (Wildman–Crippen MR) is 119 cm³/mol. The molecule has 0 aliphatic carbocycles. The van der Waals surface area contributed by atoms with Crippen LogP contribution in [-0.4, -0.2) is 58.5 Å². The number of piperidine rings is 1. The fraction of sp³-hybridized carbons (Fsp3) is 0.440. The number of hydrogen-bond acceptors (Lipinski definition) is 4. The van der Waals surface area contributed by atoms with Gasteiger partial charge in [0.25, 0.3) is 0 Å². The van der Waals surface area contributed by atoms with Crippen molar-refractivity contribution >= 4 is 11.8 Å². The Morgan fingerprint density at radius 2 is 1.78 bits per heavy atom. The number of benzene rings is 2. The first-order valence-electron chi connectivity index (χ1n) is 11.2. The Labute approximate surface area is 187 Å². The molecule has 0 spiro atoms. The molecule has 2 aliphatic heterocycles. The van der Waals surface area contributed by atoms with Crippen molar-refractivity contribution in [3.05, 3.63) is 71.0 Å². The van der Waals surface area contributed by atoms with Crippen LogP contribution < -0.4 is 5.73 Å². The van der Waals surface area contributed by atoms with Gasteiger partial charge in [0.05, 0.1) is 0 Å². The highest BCUT2D eigenvalue weighted by Crippen LogP contribution is 2.43. The van der Waals surface area contributed by atoms with E-state index in [2.05, 4.69) is 11.0 Å². The summed E-state index contributed by atoms with van der Waals surface area (Å²) in [6, 6.07) is 14.6. The lowest BCUT2D eigenvalue weighted by atomic mass is 9.84. The molecule has 4 rings (SSSR count). The molecule has 2 fully saturated rings. The number of halogens is 1. The second-order valence-electron chi connectivity index (χ2n) is 8.88. The van der Waals surface area contributed by atoms with Crippen molar-refractivity contribution in [2.24, 2.45) is 5.73 Å². The average molecular weight is 440 g/mol. The van der Waals surface area contributed by atoms with Crippen LogP contribution in [0, 0.1) is 5.82 Å². The van der Waals surface area contributed by atoms with Crippen molar-refractivity contribution in [1.82, 2.24) is 9.80 Å². The maximum atomic E-state index is 13.2. The van der Waals surface area contributed by atoms with E-state index >= 15 is 0 Å². The molecule has 2 aromatic rings. The summed E-state index contributed by atoms with van der Waals surface area (Å²) in [4.78, 5) is 28.0. The summed E-state index contributed by atoms with van der Waals surface area (Å²) in [7, 11) is 0. The van der Waals surface area contributed by atoms with Gasteiger partial charge in [0.1, 0.15) is 12.4 Å². The van der Waals surface area contributed by atoms with Gasteiger partial charge in [-0.3, -0.25) is 14.5 Å². The van der Waals surface area contributed by atoms with E-state index in [0.717, 1.165) is 37.8 Å². The number of aliphatic hydroxyl groups excluding tert-OH is 1. The summed E-state index contributed by atoms with van der Waals surface area (Å²) in [5, 5.41) is 9.41. The van der Waals surface area contributed by atoms with Crippen LogP contribution in [0.1, 0.15) is 53.1 Å². The number of carbonyl (C=O) groups excluding carboxylic acids is 2. The first kappa shape index (κ1) is 22.4. The van der Waals surface area contributed by atoms with Crippen LogP contribution in [0.5, 0.6) is 0 Å². The fourth-order valence-electron chi connectivity index (χ4n) is 5.30. The van der Waals surface area contributed by atoms with E-state index in [-0.39, 0.29) is 11.7 Å².